The molecule has 0 radical (unpaired) electrons. The number of fused-ring (bicyclic) bond motifs is 3. The molecule has 3 aromatic rings. The van der Waals surface area contributed by atoms with E-state index >= 15 is 0 Å². The molecule has 0 bridgehead atoms. The Morgan fingerprint density at radius 3 is 2.67 bits per heavy atom. The van der Waals surface area contributed by atoms with Gasteiger partial charge in [-0.25, -0.2) is 0 Å². The highest BCUT2D eigenvalue weighted by molar-refractivity contribution is 6.53. The Labute approximate surface area is 180 Å². The first-order valence-corrected chi connectivity index (χ1v) is 10.0. The zero-order valence-corrected chi connectivity index (χ0v) is 17.3. The summed E-state index contributed by atoms with van der Waals surface area (Å²) in [5, 5.41) is 0.904. The van der Waals surface area contributed by atoms with E-state index in [1.165, 1.54) is 11.0 Å². The molecule has 158 valence electrons. The Morgan fingerprint density at radius 2 is 2.00 bits per heavy atom. The van der Waals surface area contributed by atoms with Crippen LogP contribution in [0.1, 0.15) is 28.4 Å². The molecule has 30 heavy (non-hydrogen) atoms. The van der Waals surface area contributed by atoms with Gasteiger partial charge in [0.25, 0.3) is 5.91 Å². The molecule has 9 heteroatoms. The summed E-state index contributed by atoms with van der Waals surface area (Å²) in [5.74, 6) is 0.114. The first-order chi connectivity index (χ1) is 14.2. The maximum atomic E-state index is 13.3. The van der Waals surface area contributed by atoms with Crippen molar-refractivity contribution in [3.63, 3.8) is 0 Å². The fraction of sp³-hybridized carbons (Fsp3) is 0.286. The number of nitrogens with one attached hydrogen (secondary N) is 1. The van der Waals surface area contributed by atoms with Gasteiger partial charge in [-0.15, -0.1) is 0 Å². The summed E-state index contributed by atoms with van der Waals surface area (Å²) in [7, 11) is 1.56. The average molecular weight is 457 g/mol. The number of H-pyrrole nitrogens is 1. The van der Waals surface area contributed by atoms with Crippen LogP contribution in [0.25, 0.3) is 10.9 Å². The normalized spacial score (nSPS) is 16.8. The summed E-state index contributed by atoms with van der Waals surface area (Å²) >= 11 is 11.7. The summed E-state index contributed by atoms with van der Waals surface area (Å²) in [6.45, 7) is 0.271. The number of halogens is 5. The van der Waals surface area contributed by atoms with E-state index in [-0.39, 0.29) is 6.54 Å². The standard InChI is InChI=1S/C21H17Cl2F3N2O2/c1-30-13-5-6-16-15(10-13)14-7-8-28(20(29)19(22)23)18(17(14)27-16)11-3-2-4-12(9-11)21(24,25)26/h2-6,9-10,18-19,27H,7-8H2,1H3/t18-/m1/s1. The zero-order valence-electron chi connectivity index (χ0n) is 15.8. The van der Waals surface area contributed by atoms with Crippen molar-refractivity contribution in [3.8, 4) is 5.75 Å². The molecule has 1 atom stereocenters. The number of hydrogen-bond acceptors (Lipinski definition) is 2. The van der Waals surface area contributed by atoms with Crippen LogP contribution < -0.4 is 4.74 Å². The maximum absolute atomic E-state index is 13.3. The van der Waals surface area contributed by atoms with E-state index in [9.17, 15) is 18.0 Å². The highest BCUT2D eigenvalue weighted by atomic mass is 35.5. The van der Waals surface area contributed by atoms with Crippen molar-refractivity contribution < 1.29 is 22.7 Å². The van der Waals surface area contributed by atoms with Crippen molar-refractivity contribution in [1.29, 1.82) is 0 Å². The SMILES string of the molecule is COc1ccc2[nH]c3c(c2c1)CCN(C(=O)C(Cl)Cl)[C@@H]3c1cccc(C(F)(F)F)c1. The fourth-order valence-electron chi connectivity index (χ4n) is 3.99. The average Bonchev–Trinajstić information content (AvgIpc) is 3.09. The van der Waals surface area contributed by atoms with Crippen LogP contribution in [0.3, 0.4) is 0 Å². The monoisotopic (exact) mass is 456 g/mol. The van der Waals surface area contributed by atoms with E-state index in [0.29, 0.717) is 23.4 Å². The van der Waals surface area contributed by atoms with Crippen molar-refractivity contribution in [2.75, 3.05) is 13.7 Å². The van der Waals surface area contributed by atoms with Crippen LogP contribution in [-0.4, -0.2) is 34.3 Å². The van der Waals surface area contributed by atoms with Crippen molar-refractivity contribution in [2.45, 2.75) is 23.5 Å². The topological polar surface area (TPSA) is 45.3 Å². The lowest BCUT2D eigenvalue weighted by atomic mass is 9.91. The van der Waals surface area contributed by atoms with Gasteiger partial charge in [-0.2, -0.15) is 13.2 Å². The highest BCUT2D eigenvalue weighted by Crippen LogP contribution is 2.41. The third-order valence-electron chi connectivity index (χ3n) is 5.33. The van der Waals surface area contributed by atoms with E-state index in [1.54, 1.807) is 19.2 Å². The second kappa shape index (κ2) is 7.71. The van der Waals surface area contributed by atoms with Crippen LogP contribution in [0.4, 0.5) is 13.2 Å². The molecule has 4 rings (SSSR count). The lowest BCUT2D eigenvalue weighted by molar-refractivity contribution is -0.137. The summed E-state index contributed by atoms with van der Waals surface area (Å²) in [6.07, 6.45) is -4.00. The second-order valence-electron chi connectivity index (χ2n) is 7.04. The van der Waals surface area contributed by atoms with Gasteiger partial charge in [0.1, 0.15) is 5.75 Å². The van der Waals surface area contributed by atoms with E-state index in [4.69, 9.17) is 27.9 Å². The third kappa shape index (κ3) is 3.61. The van der Waals surface area contributed by atoms with Crippen molar-refractivity contribution in [1.82, 2.24) is 9.88 Å². The quantitative estimate of drug-likeness (QED) is 0.530. The molecular formula is C21H17Cl2F3N2O2. The van der Waals surface area contributed by atoms with E-state index in [2.05, 4.69) is 4.98 Å². The van der Waals surface area contributed by atoms with Crippen LogP contribution >= 0.6 is 23.2 Å². The second-order valence-corrected chi connectivity index (χ2v) is 8.13. The molecule has 0 fully saturated rings. The molecule has 1 N–H and O–H groups in total. The molecule has 1 aliphatic rings. The molecule has 1 amide bonds. The minimum atomic E-state index is -4.50. The molecular weight excluding hydrogens is 440 g/mol. The number of methoxy groups -OCH3 is 1. The molecule has 1 aliphatic heterocycles. The number of alkyl halides is 5. The first kappa shape index (κ1) is 20.9. The lowest BCUT2D eigenvalue weighted by Gasteiger charge is -2.36. The number of amides is 1. The molecule has 4 nitrogen and oxygen atoms in total. The predicted molar refractivity (Wildman–Crippen MR) is 109 cm³/mol. The van der Waals surface area contributed by atoms with Gasteiger partial charge >= 0.3 is 6.18 Å². The zero-order chi connectivity index (χ0) is 21.6. The molecule has 1 aromatic heterocycles. The lowest BCUT2D eigenvalue weighted by Crippen LogP contribution is -2.43. The van der Waals surface area contributed by atoms with Crippen molar-refractivity contribution >= 4 is 40.0 Å². The van der Waals surface area contributed by atoms with Gasteiger partial charge in [-0.05, 0) is 47.9 Å². The number of aromatic amines is 1. The summed E-state index contributed by atoms with van der Waals surface area (Å²) in [6, 6.07) is 9.69. The largest absolute Gasteiger partial charge is 0.497 e. The smallest absolute Gasteiger partial charge is 0.416 e. The number of hydrogen-bond donors (Lipinski definition) is 1. The van der Waals surface area contributed by atoms with Crippen LogP contribution in [0, 0.1) is 0 Å². The number of carbonyl (C=O) groups is 1. The maximum Gasteiger partial charge on any atom is 0.416 e. The Kier molecular flexibility index (Phi) is 5.36. The van der Waals surface area contributed by atoms with Crippen molar-refractivity contribution in [2.24, 2.45) is 0 Å². The highest BCUT2D eigenvalue weighted by Gasteiger charge is 2.38. The summed E-state index contributed by atoms with van der Waals surface area (Å²) in [5.41, 5.74) is 1.92. The molecule has 0 unspecified atom stereocenters. The van der Waals surface area contributed by atoms with E-state index < -0.39 is 28.5 Å². The van der Waals surface area contributed by atoms with Crippen LogP contribution in [0.15, 0.2) is 42.5 Å². The molecule has 2 heterocycles. The van der Waals surface area contributed by atoms with Crippen LogP contribution in [0.2, 0.25) is 0 Å². The Morgan fingerprint density at radius 1 is 1.23 bits per heavy atom. The minimum absolute atomic E-state index is 0.271. The van der Waals surface area contributed by atoms with E-state index in [1.807, 2.05) is 12.1 Å². The number of aromatic nitrogens is 1. The van der Waals surface area contributed by atoms with Gasteiger partial charge < -0.3 is 14.6 Å². The third-order valence-corrected chi connectivity index (χ3v) is 5.71. The molecule has 0 saturated heterocycles. The Hall–Kier alpha value is -2.38. The molecule has 0 saturated carbocycles. The van der Waals surface area contributed by atoms with Gasteiger partial charge in [-0.1, -0.05) is 35.3 Å². The van der Waals surface area contributed by atoms with Gasteiger partial charge in [0.15, 0.2) is 4.84 Å². The molecule has 0 spiro atoms. The number of benzene rings is 2. The molecule has 2 aromatic carbocycles. The van der Waals surface area contributed by atoms with Crippen LogP contribution in [0.5, 0.6) is 5.75 Å². The van der Waals surface area contributed by atoms with Gasteiger partial charge in [-0.3, -0.25) is 4.79 Å². The van der Waals surface area contributed by atoms with Crippen LogP contribution in [-0.2, 0) is 17.4 Å². The number of rotatable bonds is 3. The number of nitrogens with zero attached hydrogens (tertiary/aromatic N) is 1. The van der Waals surface area contributed by atoms with Crippen molar-refractivity contribution in [3.05, 3.63) is 64.8 Å². The predicted octanol–water partition coefficient (Wildman–Crippen LogP) is 5.47. The Bertz CT molecular complexity index is 1110. The Balaban J connectivity index is 1.91. The van der Waals surface area contributed by atoms with Gasteiger partial charge in [0, 0.05) is 23.1 Å². The van der Waals surface area contributed by atoms with E-state index in [0.717, 1.165) is 28.6 Å². The summed E-state index contributed by atoms with van der Waals surface area (Å²) in [4.78, 5) is 16.1. The number of carbonyl (C=O) groups excluding carboxylic acids is 1. The fourth-order valence-corrected chi connectivity index (χ4v) is 4.24. The van der Waals surface area contributed by atoms with Gasteiger partial charge in [0.2, 0.25) is 0 Å². The number of ether oxygens (including phenoxy) is 1. The first-order valence-electron chi connectivity index (χ1n) is 9.15. The minimum Gasteiger partial charge on any atom is -0.497 e. The summed E-state index contributed by atoms with van der Waals surface area (Å²) < 4.78 is 45.3. The molecule has 0 aliphatic carbocycles. The van der Waals surface area contributed by atoms with Gasteiger partial charge in [0.05, 0.1) is 18.7 Å².